The van der Waals surface area contributed by atoms with Gasteiger partial charge in [-0.2, -0.15) is 10.4 Å². The molecule has 1 aliphatic heterocycles. The molecule has 0 bridgehead atoms. The topological polar surface area (TPSA) is 144 Å². The molecule has 42 heavy (non-hydrogen) atoms. The zero-order valence-corrected chi connectivity index (χ0v) is 24.4. The first-order valence-electron chi connectivity index (χ1n) is 13.7. The number of benzene rings is 2. The average molecular weight is 588 g/mol. The molecule has 0 saturated carbocycles. The van der Waals surface area contributed by atoms with E-state index in [4.69, 9.17) is 5.10 Å². The molecule has 5 rings (SSSR count). The third-order valence-electron chi connectivity index (χ3n) is 7.88. The summed E-state index contributed by atoms with van der Waals surface area (Å²) < 4.78 is 28.8. The Morgan fingerprint density at radius 3 is 2.48 bits per heavy atom. The number of hydrogen-bond donors (Lipinski definition) is 2. The van der Waals surface area contributed by atoms with Crippen LogP contribution < -0.4 is 10.9 Å². The number of pyridine rings is 1. The standard InChI is InChI=1S/C30H33N7O4S/c1-35(2)42(40,41)25-11-7-6-10-23(25)33-28-27-24(14-19-32-29(27)39)37(34-28)30(15-18-31)16-20-36(21-17-30)26(38)13-12-22-8-4-3-5-9-22/h3-11,14,19H,12-13,15-17,20-21H2,1-2H3,(H,32,39)(H,33,34). The molecule has 1 saturated heterocycles. The lowest BCUT2D eigenvalue weighted by Gasteiger charge is -2.41. The van der Waals surface area contributed by atoms with Crippen LogP contribution in [0.3, 0.4) is 0 Å². The molecule has 2 aromatic carbocycles. The van der Waals surface area contributed by atoms with Gasteiger partial charge in [-0.1, -0.05) is 42.5 Å². The molecule has 1 aliphatic rings. The van der Waals surface area contributed by atoms with Crippen molar-refractivity contribution < 1.29 is 13.2 Å². The Kier molecular flexibility index (Phi) is 8.15. The Balaban J connectivity index is 1.46. The number of nitrogens with one attached hydrogen (secondary N) is 2. The van der Waals surface area contributed by atoms with Crippen LogP contribution in [0.4, 0.5) is 11.5 Å². The van der Waals surface area contributed by atoms with Gasteiger partial charge in [0, 0.05) is 39.8 Å². The smallest absolute Gasteiger partial charge is 0.261 e. The summed E-state index contributed by atoms with van der Waals surface area (Å²) in [5.41, 5.74) is 0.749. The zero-order valence-electron chi connectivity index (χ0n) is 23.6. The van der Waals surface area contributed by atoms with Gasteiger partial charge in [0.1, 0.15) is 10.3 Å². The number of carbonyl (C=O) groups is 1. The number of carbonyl (C=O) groups excluding carboxylic acids is 1. The maximum atomic E-state index is 13.1. The molecule has 12 heteroatoms. The van der Waals surface area contributed by atoms with Crippen LogP contribution >= 0.6 is 0 Å². The predicted molar refractivity (Wildman–Crippen MR) is 160 cm³/mol. The summed E-state index contributed by atoms with van der Waals surface area (Å²) in [5, 5.41) is 18.0. The van der Waals surface area contributed by atoms with Crippen molar-refractivity contribution in [1.82, 2.24) is 24.0 Å². The number of sulfonamides is 1. The summed E-state index contributed by atoms with van der Waals surface area (Å²) in [5.74, 6) is 0.249. The monoisotopic (exact) mass is 587 g/mol. The number of aryl methyl sites for hydroxylation is 1. The molecule has 2 aromatic heterocycles. The number of aromatic nitrogens is 3. The summed E-state index contributed by atoms with van der Waals surface area (Å²) in [6.07, 6.45) is 3.68. The fraction of sp³-hybridized carbons (Fsp3) is 0.333. The van der Waals surface area contributed by atoms with Gasteiger partial charge in [0.15, 0.2) is 5.82 Å². The molecule has 1 fully saturated rings. The molecule has 0 unspecified atom stereocenters. The van der Waals surface area contributed by atoms with Gasteiger partial charge >= 0.3 is 0 Å². The largest absolute Gasteiger partial charge is 0.343 e. The van der Waals surface area contributed by atoms with E-state index in [2.05, 4.69) is 16.4 Å². The van der Waals surface area contributed by atoms with Crippen LogP contribution in [0.25, 0.3) is 10.9 Å². The van der Waals surface area contributed by atoms with Gasteiger partial charge in [-0.05, 0) is 43.0 Å². The number of H-pyrrole nitrogens is 1. The first-order valence-corrected chi connectivity index (χ1v) is 15.2. The fourth-order valence-corrected chi connectivity index (χ4v) is 6.52. The van der Waals surface area contributed by atoms with Crippen molar-refractivity contribution in [2.24, 2.45) is 0 Å². The average Bonchev–Trinajstić information content (AvgIpc) is 3.37. The summed E-state index contributed by atoms with van der Waals surface area (Å²) in [4.78, 5) is 30.7. The second kappa shape index (κ2) is 11.8. The summed E-state index contributed by atoms with van der Waals surface area (Å²) in [6, 6.07) is 20.3. The molecule has 2 N–H and O–H groups in total. The third-order valence-corrected chi connectivity index (χ3v) is 9.75. The van der Waals surface area contributed by atoms with Crippen molar-refractivity contribution in [3.05, 3.63) is 82.8 Å². The Bertz CT molecular complexity index is 1800. The molecule has 11 nitrogen and oxygen atoms in total. The van der Waals surface area contributed by atoms with E-state index in [1.165, 1.54) is 26.4 Å². The first kappa shape index (κ1) is 29.0. The van der Waals surface area contributed by atoms with Gasteiger partial charge in [0.05, 0.1) is 29.2 Å². The normalized spacial score (nSPS) is 15.0. The molecule has 1 amide bonds. The van der Waals surface area contributed by atoms with E-state index in [1.807, 2.05) is 35.2 Å². The minimum Gasteiger partial charge on any atom is -0.343 e. The second-order valence-corrected chi connectivity index (χ2v) is 12.8. The molecular weight excluding hydrogens is 554 g/mol. The van der Waals surface area contributed by atoms with Crippen LogP contribution in [0.5, 0.6) is 0 Å². The van der Waals surface area contributed by atoms with Gasteiger partial charge in [0.2, 0.25) is 15.9 Å². The van der Waals surface area contributed by atoms with Gasteiger partial charge < -0.3 is 15.2 Å². The maximum Gasteiger partial charge on any atom is 0.261 e. The van der Waals surface area contributed by atoms with E-state index in [1.54, 1.807) is 28.9 Å². The number of aromatic amines is 1. The van der Waals surface area contributed by atoms with Crippen LogP contribution in [0.15, 0.2) is 76.6 Å². The van der Waals surface area contributed by atoms with Gasteiger partial charge in [-0.3, -0.25) is 14.3 Å². The zero-order chi connectivity index (χ0) is 29.9. The molecule has 3 heterocycles. The Morgan fingerprint density at radius 2 is 1.79 bits per heavy atom. The highest BCUT2D eigenvalue weighted by molar-refractivity contribution is 7.89. The maximum absolute atomic E-state index is 13.1. The van der Waals surface area contributed by atoms with Crippen molar-refractivity contribution in [2.45, 2.75) is 42.5 Å². The lowest BCUT2D eigenvalue weighted by Crippen LogP contribution is -2.48. The summed E-state index contributed by atoms with van der Waals surface area (Å²) >= 11 is 0. The highest BCUT2D eigenvalue weighted by Crippen LogP contribution is 2.38. The van der Waals surface area contributed by atoms with Crippen LogP contribution in [0.2, 0.25) is 0 Å². The number of rotatable bonds is 9. The number of nitriles is 1. The highest BCUT2D eigenvalue weighted by atomic mass is 32.2. The van der Waals surface area contributed by atoms with Crippen molar-refractivity contribution in [2.75, 3.05) is 32.5 Å². The fourth-order valence-electron chi connectivity index (χ4n) is 5.48. The molecule has 0 spiro atoms. The van der Waals surface area contributed by atoms with Crippen molar-refractivity contribution >= 4 is 38.3 Å². The SMILES string of the molecule is CN(C)S(=O)(=O)c1ccccc1Nc1nn(C2(CC#N)CCN(C(=O)CCc3ccccc3)CC2)c2cc[nH]c(=O)c12. The predicted octanol–water partition coefficient (Wildman–Crippen LogP) is 3.58. The lowest BCUT2D eigenvalue weighted by molar-refractivity contribution is -0.133. The number of para-hydroxylation sites is 1. The minimum absolute atomic E-state index is 0.0409. The van der Waals surface area contributed by atoms with Crippen molar-refractivity contribution in [3.8, 4) is 6.07 Å². The highest BCUT2D eigenvalue weighted by Gasteiger charge is 2.40. The van der Waals surface area contributed by atoms with Gasteiger partial charge in [-0.25, -0.2) is 12.7 Å². The third kappa shape index (κ3) is 5.53. The van der Waals surface area contributed by atoms with E-state index >= 15 is 0 Å². The van der Waals surface area contributed by atoms with E-state index in [9.17, 15) is 23.3 Å². The van der Waals surface area contributed by atoms with E-state index in [-0.39, 0.29) is 34.1 Å². The molecule has 4 aromatic rings. The van der Waals surface area contributed by atoms with Crippen molar-refractivity contribution in [3.63, 3.8) is 0 Å². The lowest BCUT2D eigenvalue weighted by atomic mass is 9.84. The number of likely N-dealkylation sites (tertiary alicyclic amines) is 1. The second-order valence-electron chi connectivity index (χ2n) is 10.7. The summed E-state index contributed by atoms with van der Waals surface area (Å²) in [7, 11) is -0.893. The Hall–Kier alpha value is -4.47. The molecule has 0 aliphatic carbocycles. The molecular formula is C30H33N7O4S. The van der Waals surface area contributed by atoms with Crippen LogP contribution in [-0.4, -0.2) is 65.5 Å². The number of anilines is 2. The molecule has 0 atom stereocenters. The van der Waals surface area contributed by atoms with Gasteiger partial charge in [-0.15, -0.1) is 0 Å². The van der Waals surface area contributed by atoms with Crippen LogP contribution in [0, 0.1) is 11.3 Å². The van der Waals surface area contributed by atoms with E-state index < -0.39 is 21.1 Å². The van der Waals surface area contributed by atoms with E-state index in [0.717, 1.165) is 9.87 Å². The molecule has 218 valence electrons. The van der Waals surface area contributed by atoms with Gasteiger partial charge in [0.25, 0.3) is 5.56 Å². The van der Waals surface area contributed by atoms with Crippen LogP contribution in [0.1, 0.15) is 31.2 Å². The first-order chi connectivity index (χ1) is 20.2. The minimum atomic E-state index is -3.79. The Labute approximate surface area is 244 Å². The van der Waals surface area contributed by atoms with Crippen molar-refractivity contribution in [1.29, 1.82) is 5.26 Å². The van der Waals surface area contributed by atoms with Crippen LogP contribution in [-0.2, 0) is 26.8 Å². The number of hydrogen-bond acceptors (Lipinski definition) is 7. The number of fused-ring (bicyclic) bond motifs is 1. The van der Waals surface area contributed by atoms with E-state index in [0.29, 0.717) is 44.3 Å². The summed E-state index contributed by atoms with van der Waals surface area (Å²) in [6.45, 7) is 0.902. The number of amides is 1. The molecule has 0 radical (unpaired) electrons. The number of nitrogens with zero attached hydrogens (tertiary/aromatic N) is 5. The quantitative estimate of drug-likeness (QED) is 0.305. The number of piperidine rings is 1. The Morgan fingerprint density at radius 1 is 1.10 bits per heavy atom.